The fourth-order valence-corrected chi connectivity index (χ4v) is 2.54. The smallest absolute Gasteiger partial charge is 0.119 e. The Labute approximate surface area is 110 Å². The third-order valence-electron chi connectivity index (χ3n) is 3.59. The molecule has 0 saturated carbocycles. The number of rotatable bonds is 5. The number of aryl methyl sites for hydroxylation is 1. The molecule has 0 spiro atoms. The molecule has 100 valence electrons. The van der Waals surface area contributed by atoms with Crippen LogP contribution in [-0.2, 0) is 6.42 Å². The molecule has 0 aromatic heterocycles. The second kappa shape index (κ2) is 6.24. The van der Waals surface area contributed by atoms with Crippen molar-refractivity contribution in [2.45, 2.75) is 52.1 Å². The molecule has 0 radical (unpaired) electrons. The molecule has 1 aromatic rings. The maximum atomic E-state index is 9.89. The zero-order valence-electron chi connectivity index (χ0n) is 11.5. The van der Waals surface area contributed by atoms with E-state index in [-0.39, 0.29) is 6.10 Å². The van der Waals surface area contributed by atoms with Gasteiger partial charge >= 0.3 is 0 Å². The number of hydrogen-bond donors (Lipinski definition) is 1. The van der Waals surface area contributed by atoms with E-state index in [2.05, 4.69) is 19.9 Å². The molecular formula is C16H24O2. The summed E-state index contributed by atoms with van der Waals surface area (Å²) >= 11 is 0. The molecule has 1 unspecified atom stereocenters. The van der Waals surface area contributed by atoms with E-state index in [4.69, 9.17) is 4.74 Å². The van der Waals surface area contributed by atoms with Crippen LogP contribution in [0.5, 0.6) is 5.75 Å². The first-order valence-electron chi connectivity index (χ1n) is 7.10. The quantitative estimate of drug-likeness (QED) is 0.801. The average molecular weight is 248 g/mol. The lowest BCUT2D eigenvalue weighted by Gasteiger charge is -2.21. The van der Waals surface area contributed by atoms with Gasteiger partial charge in [-0.1, -0.05) is 19.9 Å². The Hall–Kier alpha value is -1.02. The minimum atomic E-state index is -0.274. The summed E-state index contributed by atoms with van der Waals surface area (Å²) in [6.45, 7) is 5.26. The van der Waals surface area contributed by atoms with E-state index in [0.29, 0.717) is 0 Å². The van der Waals surface area contributed by atoms with Gasteiger partial charge in [-0.25, -0.2) is 0 Å². The Kier molecular flexibility index (Phi) is 4.65. The fraction of sp³-hybridized carbons (Fsp3) is 0.625. The van der Waals surface area contributed by atoms with Crippen LogP contribution in [0.3, 0.4) is 0 Å². The monoisotopic (exact) mass is 248 g/mol. The standard InChI is InChI=1S/C16H24O2/c1-12(2)5-4-10-18-14-8-9-15-13(11-14)6-3-7-16(15)17/h8-9,11-12,16-17H,3-7,10H2,1-2H3. The van der Waals surface area contributed by atoms with Crippen LogP contribution in [0.4, 0.5) is 0 Å². The maximum Gasteiger partial charge on any atom is 0.119 e. The third-order valence-corrected chi connectivity index (χ3v) is 3.59. The molecule has 0 heterocycles. The van der Waals surface area contributed by atoms with Gasteiger partial charge in [-0.15, -0.1) is 0 Å². The molecule has 0 amide bonds. The van der Waals surface area contributed by atoms with Crippen molar-refractivity contribution >= 4 is 0 Å². The highest BCUT2D eigenvalue weighted by Gasteiger charge is 2.17. The van der Waals surface area contributed by atoms with Crippen molar-refractivity contribution < 1.29 is 9.84 Å². The molecule has 0 aliphatic heterocycles. The number of aliphatic hydroxyl groups is 1. The number of ether oxygens (including phenoxy) is 1. The van der Waals surface area contributed by atoms with Crippen LogP contribution in [0, 0.1) is 5.92 Å². The van der Waals surface area contributed by atoms with Gasteiger partial charge in [0.2, 0.25) is 0 Å². The minimum absolute atomic E-state index is 0.274. The Morgan fingerprint density at radius 2 is 2.22 bits per heavy atom. The zero-order valence-corrected chi connectivity index (χ0v) is 11.5. The number of fused-ring (bicyclic) bond motifs is 1. The lowest BCUT2D eigenvalue weighted by atomic mass is 9.89. The van der Waals surface area contributed by atoms with Crippen molar-refractivity contribution in [1.82, 2.24) is 0 Å². The lowest BCUT2D eigenvalue weighted by Crippen LogP contribution is -2.09. The van der Waals surface area contributed by atoms with Gasteiger partial charge < -0.3 is 9.84 Å². The summed E-state index contributed by atoms with van der Waals surface area (Å²) in [6.07, 6.45) is 5.08. The van der Waals surface area contributed by atoms with Crippen LogP contribution in [0.15, 0.2) is 18.2 Å². The van der Waals surface area contributed by atoms with Gasteiger partial charge in [0, 0.05) is 0 Å². The second-order valence-electron chi connectivity index (χ2n) is 5.65. The van der Waals surface area contributed by atoms with Gasteiger partial charge in [-0.05, 0) is 61.3 Å². The van der Waals surface area contributed by atoms with Crippen molar-refractivity contribution in [3.63, 3.8) is 0 Å². The van der Waals surface area contributed by atoms with Gasteiger partial charge in [0.05, 0.1) is 12.7 Å². The van der Waals surface area contributed by atoms with Crippen LogP contribution >= 0.6 is 0 Å². The van der Waals surface area contributed by atoms with Crippen LogP contribution in [0.25, 0.3) is 0 Å². The Morgan fingerprint density at radius 1 is 1.39 bits per heavy atom. The molecule has 18 heavy (non-hydrogen) atoms. The normalized spacial score (nSPS) is 18.8. The summed E-state index contributed by atoms with van der Waals surface area (Å²) < 4.78 is 5.78. The molecule has 1 atom stereocenters. The number of hydrogen-bond acceptors (Lipinski definition) is 2. The maximum absolute atomic E-state index is 9.89. The van der Waals surface area contributed by atoms with Gasteiger partial charge in [0.25, 0.3) is 0 Å². The molecule has 1 aromatic carbocycles. The van der Waals surface area contributed by atoms with Crippen molar-refractivity contribution in [1.29, 1.82) is 0 Å². The van der Waals surface area contributed by atoms with Crippen LogP contribution in [0.1, 0.15) is 56.8 Å². The topological polar surface area (TPSA) is 29.5 Å². The predicted molar refractivity (Wildman–Crippen MR) is 73.9 cm³/mol. The lowest BCUT2D eigenvalue weighted by molar-refractivity contribution is 0.156. The highest BCUT2D eigenvalue weighted by atomic mass is 16.5. The SMILES string of the molecule is CC(C)CCCOc1ccc2c(c1)CCCC2O. The molecule has 1 aliphatic carbocycles. The zero-order chi connectivity index (χ0) is 13.0. The van der Waals surface area contributed by atoms with Gasteiger partial charge in [0.1, 0.15) is 5.75 Å². The van der Waals surface area contributed by atoms with E-state index >= 15 is 0 Å². The first-order valence-corrected chi connectivity index (χ1v) is 7.10. The van der Waals surface area contributed by atoms with Crippen molar-refractivity contribution in [2.75, 3.05) is 6.61 Å². The average Bonchev–Trinajstić information content (AvgIpc) is 2.35. The molecule has 1 aliphatic rings. The summed E-state index contributed by atoms with van der Waals surface area (Å²) in [5, 5.41) is 9.89. The van der Waals surface area contributed by atoms with Crippen molar-refractivity contribution in [2.24, 2.45) is 5.92 Å². The highest BCUT2D eigenvalue weighted by molar-refractivity contribution is 5.38. The van der Waals surface area contributed by atoms with E-state index in [1.165, 1.54) is 12.0 Å². The largest absolute Gasteiger partial charge is 0.494 e. The third kappa shape index (κ3) is 3.49. The Morgan fingerprint density at radius 3 is 3.00 bits per heavy atom. The molecule has 2 rings (SSSR count). The second-order valence-corrected chi connectivity index (χ2v) is 5.65. The van der Waals surface area contributed by atoms with E-state index < -0.39 is 0 Å². The van der Waals surface area contributed by atoms with Crippen LogP contribution in [0.2, 0.25) is 0 Å². The summed E-state index contributed by atoms with van der Waals surface area (Å²) in [5.41, 5.74) is 2.35. The molecule has 0 fully saturated rings. The predicted octanol–water partition coefficient (Wildman–Crippen LogP) is 3.87. The summed E-state index contributed by atoms with van der Waals surface area (Å²) in [5.74, 6) is 1.69. The van der Waals surface area contributed by atoms with Crippen molar-refractivity contribution in [3.05, 3.63) is 29.3 Å². The van der Waals surface area contributed by atoms with Gasteiger partial charge in [-0.3, -0.25) is 0 Å². The highest BCUT2D eigenvalue weighted by Crippen LogP contribution is 2.31. The van der Waals surface area contributed by atoms with E-state index in [1.807, 2.05) is 12.1 Å². The Balaban J connectivity index is 1.90. The van der Waals surface area contributed by atoms with E-state index in [9.17, 15) is 5.11 Å². The van der Waals surface area contributed by atoms with Crippen LogP contribution in [-0.4, -0.2) is 11.7 Å². The van der Waals surface area contributed by atoms with E-state index in [1.54, 1.807) is 0 Å². The van der Waals surface area contributed by atoms with Gasteiger partial charge in [0.15, 0.2) is 0 Å². The summed E-state index contributed by atoms with van der Waals surface area (Å²) in [6, 6.07) is 6.12. The summed E-state index contributed by atoms with van der Waals surface area (Å²) in [4.78, 5) is 0. The van der Waals surface area contributed by atoms with E-state index in [0.717, 1.165) is 49.5 Å². The number of benzene rings is 1. The first-order chi connectivity index (χ1) is 8.66. The molecule has 2 heteroatoms. The summed E-state index contributed by atoms with van der Waals surface area (Å²) in [7, 11) is 0. The van der Waals surface area contributed by atoms with Gasteiger partial charge in [-0.2, -0.15) is 0 Å². The number of aliphatic hydroxyl groups excluding tert-OH is 1. The molecule has 2 nitrogen and oxygen atoms in total. The molecule has 0 bridgehead atoms. The first kappa shape index (κ1) is 13.4. The van der Waals surface area contributed by atoms with Crippen LogP contribution < -0.4 is 4.74 Å². The fourth-order valence-electron chi connectivity index (χ4n) is 2.54. The van der Waals surface area contributed by atoms with Crippen molar-refractivity contribution in [3.8, 4) is 5.75 Å². The molecule has 0 saturated heterocycles. The molecule has 1 N–H and O–H groups in total. The minimum Gasteiger partial charge on any atom is -0.494 e. The Bertz CT molecular complexity index is 385. The molecular weight excluding hydrogens is 224 g/mol.